The van der Waals surface area contributed by atoms with Crippen LogP contribution in [0.3, 0.4) is 0 Å². The van der Waals surface area contributed by atoms with Gasteiger partial charge in [0.2, 0.25) is 0 Å². The van der Waals surface area contributed by atoms with Crippen molar-refractivity contribution in [1.29, 1.82) is 0 Å². The van der Waals surface area contributed by atoms with Crippen molar-refractivity contribution < 1.29 is 9.59 Å². The van der Waals surface area contributed by atoms with Gasteiger partial charge in [-0.15, -0.1) is 0 Å². The van der Waals surface area contributed by atoms with Gasteiger partial charge >= 0.3 is 0 Å². The third kappa shape index (κ3) is 4.66. The zero-order chi connectivity index (χ0) is 19.3. The molecule has 2 heteroatoms. The van der Waals surface area contributed by atoms with Gasteiger partial charge in [0, 0.05) is 6.42 Å². The topological polar surface area (TPSA) is 34.1 Å². The Kier molecular flexibility index (Phi) is 6.46. The summed E-state index contributed by atoms with van der Waals surface area (Å²) in [4.78, 5) is 24.8. The number of allylic oxidation sites excluding steroid dienone is 3. The summed E-state index contributed by atoms with van der Waals surface area (Å²) >= 11 is 0. The van der Waals surface area contributed by atoms with Crippen molar-refractivity contribution in [3.8, 4) is 0 Å². The first-order valence-corrected chi connectivity index (χ1v) is 8.85. The number of hydrogen-bond acceptors (Lipinski definition) is 2. The molecule has 0 aliphatic carbocycles. The fraction of sp³-hybridized carbons (Fsp3) is 0.250. The standard InChI is InChI=1S/C24H26O2/c1-16-10-6-8-12-21(16)14-18(3)24(26)15-23(19(4)20(5)25)22-13-9-7-11-17(22)2/h6-14H,15H2,1-5H3. The number of carbonyl (C=O) groups is 2. The largest absolute Gasteiger partial charge is 0.295 e. The second-order valence-electron chi connectivity index (χ2n) is 6.76. The molecular formula is C24H26O2. The van der Waals surface area contributed by atoms with Crippen molar-refractivity contribution >= 4 is 23.2 Å². The second-order valence-corrected chi connectivity index (χ2v) is 6.76. The molecule has 2 aromatic carbocycles. The maximum Gasteiger partial charge on any atom is 0.162 e. The van der Waals surface area contributed by atoms with Crippen molar-refractivity contribution in [2.45, 2.75) is 41.0 Å². The Hall–Kier alpha value is -2.74. The predicted molar refractivity (Wildman–Crippen MR) is 109 cm³/mol. The van der Waals surface area contributed by atoms with E-state index in [2.05, 4.69) is 0 Å². The summed E-state index contributed by atoms with van der Waals surface area (Å²) in [6.07, 6.45) is 2.15. The quantitative estimate of drug-likeness (QED) is 0.626. The summed E-state index contributed by atoms with van der Waals surface area (Å²) < 4.78 is 0. The van der Waals surface area contributed by atoms with E-state index in [0.717, 1.165) is 27.8 Å². The Morgan fingerprint density at radius 2 is 1.42 bits per heavy atom. The zero-order valence-corrected chi connectivity index (χ0v) is 16.2. The minimum Gasteiger partial charge on any atom is -0.295 e. The van der Waals surface area contributed by atoms with Crippen LogP contribution in [0.1, 0.15) is 49.4 Å². The molecule has 0 aliphatic heterocycles. The first-order valence-electron chi connectivity index (χ1n) is 8.85. The van der Waals surface area contributed by atoms with Gasteiger partial charge in [-0.2, -0.15) is 0 Å². The molecule has 134 valence electrons. The lowest BCUT2D eigenvalue weighted by molar-refractivity contribution is -0.114. The number of benzene rings is 2. The average Bonchev–Trinajstić information content (AvgIpc) is 2.61. The van der Waals surface area contributed by atoms with Gasteiger partial charge in [-0.1, -0.05) is 48.5 Å². The van der Waals surface area contributed by atoms with E-state index < -0.39 is 0 Å². The number of Topliss-reactive ketones (excluding diaryl/α,β-unsaturated/α-hetero) is 2. The molecule has 0 radical (unpaired) electrons. The van der Waals surface area contributed by atoms with E-state index in [0.29, 0.717) is 11.1 Å². The van der Waals surface area contributed by atoms with Gasteiger partial charge in [-0.25, -0.2) is 0 Å². The van der Waals surface area contributed by atoms with Gasteiger partial charge < -0.3 is 0 Å². The molecular weight excluding hydrogens is 320 g/mol. The SMILES string of the molecule is CC(=O)C(C)=C(CC(=O)C(C)=Cc1ccccc1C)c1ccccc1C. The Bertz CT molecular complexity index is 898. The predicted octanol–water partition coefficient (Wildman–Crippen LogP) is 5.73. The van der Waals surface area contributed by atoms with Crippen LogP contribution in [0.2, 0.25) is 0 Å². The lowest BCUT2D eigenvalue weighted by Crippen LogP contribution is -2.06. The first kappa shape index (κ1) is 19.6. The molecule has 0 fully saturated rings. The third-order valence-electron chi connectivity index (χ3n) is 4.79. The number of ketones is 2. The highest BCUT2D eigenvalue weighted by Crippen LogP contribution is 2.27. The van der Waals surface area contributed by atoms with E-state index >= 15 is 0 Å². The summed E-state index contributed by atoms with van der Waals surface area (Å²) in [6, 6.07) is 15.9. The van der Waals surface area contributed by atoms with E-state index in [4.69, 9.17) is 0 Å². The molecule has 0 spiro atoms. The fourth-order valence-electron chi connectivity index (χ4n) is 2.92. The van der Waals surface area contributed by atoms with E-state index in [-0.39, 0.29) is 18.0 Å². The van der Waals surface area contributed by atoms with Gasteiger partial charge in [-0.05, 0) is 79.7 Å². The molecule has 2 aromatic rings. The molecule has 0 saturated carbocycles. The molecule has 2 rings (SSSR count). The number of carbonyl (C=O) groups excluding carboxylic acids is 2. The molecule has 0 amide bonds. The number of hydrogen-bond donors (Lipinski definition) is 0. The van der Waals surface area contributed by atoms with Gasteiger partial charge in [0.25, 0.3) is 0 Å². The normalized spacial score (nSPS) is 12.6. The van der Waals surface area contributed by atoms with Crippen molar-refractivity contribution in [3.63, 3.8) is 0 Å². The van der Waals surface area contributed by atoms with Gasteiger partial charge in [0.05, 0.1) is 0 Å². The summed E-state index contributed by atoms with van der Waals surface area (Å²) in [6.45, 7) is 9.23. The summed E-state index contributed by atoms with van der Waals surface area (Å²) in [5.41, 5.74) is 6.38. The van der Waals surface area contributed by atoms with E-state index in [9.17, 15) is 9.59 Å². The van der Waals surface area contributed by atoms with Crippen molar-refractivity contribution in [1.82, 2.24) is 0 Å². The molecule has 0 atom stereocenters. The Labute approximate surface area is 156 Å². The van der Waals surface area contributed by atoms with Crippen LogP contribution in [-0.4, -0.2) is 11.6 Å². The fourth-order valence-corrected chi connectivity index (χ4v) is 2.92. The first-order chi connectivity index (χ1) is 12.3. The zero-order valence-electron chi connectivity index (χ0n) is 16.2. The maximum atomic E-state index is 12.9. The molecule has 0 aliphatic rings. The molecule has 2 nitrogen and oxygen atoms in total. The highest BCUT2D eigenvalue weighted by Gasteiger charge is 2.16. The molecule has 0 aromatic heterocycles. The molecule has 0 unspecified atom stereocenters. The second kappa shape index (κ2) is 8.57. The lowest BCUT2D eigenvalue weighted by Gasteiger charge is -2.14. The number of aryl methyl sites for hydroxylation is 2. The molecule has 0 heterocycles. The minimum absolute atomic E-state index is 0.00316. The maximum absolute atomic E-state index is 12.9. The Balaban J connectivity index is 2.39. The van der Waals surface area contributed by atoms with Gasteiger partial charge in [0.1, 0.15) is 0 Å². The monoisotopic (exact) mass is 346 g/mol. The van der Waals surface area contributed by atoms with Crippen LogP contribution >= 0.6 is 0 Å². The van der Waals surface area contributed by atoms with Crippen LogP contribution in [0, 0.1) is 13.8 Å². The molecule has 0 saturated heterocycles. The summed E-state index contributed by atoms with van der Waals surface area (Å²) in [5.74, 6) is 0.0312. The Morgan fingerprint density at radius 1 is 0.846 bits per heavy atom. The van der Waals surface area contributed by atoms with Crippen LogP contribution in [0.5, 0.6) is 0 Å². The average molecular weight is 346 g/mol. The Morgan fingerprint density at radius 3 is 2.00 bits per heavy atom. The molecule has 0 N–H and O–H groups in total. The van der Waals surface area contributed by atoms with E-state index in [1.54, 1.807) is 13.8 Å². The minimum atomic E-state index is -0.00316. The highest BCUT2D eigenvalue weighted by atomic mass is 16.1. The van der Waals surface area contributed by atoms with Crippen LogP contribution in [0.25, 0.3) is 11.6 Å². The lowest BCUT2D eigenvalue weighted by atomic mass is 9.89. The summed E-state index contributed by atoms with van der Waals surface area (Å²) in [5, 5.41) is 0. The van der Waals surface area contributed by atoms with Crippen LogP contribution in [0.4, 0.5) is 0 Å². The molecule has 0 bridgehead atoms. The third-order valence-corrected chi connectivity index (χ3v) is 4.79. The summed E-state index contributed by atoms with van der Waals surface area (Å²) in [7, 11) is 0. The van der Waals surface area contributed by atoms with Crippen molar-refractivity contribution in [2.75, 3.05) is 0 Å². The highest BCUT2D eigenvalue weighted by molar-refractivity contribution is 6.09. The smallest absolute Gasteiger partial charge is 0.162 e. The van der Waals surface area contributed by atoms with E-state index in [1.807, 2.05) is 75.4 Å². The van der Waals surface area contributed by atoms with Gasteiger partial charge in [0.15, 0.2) is 11.6 Å². The van der Waals surface area contributed by atoms with Gasteiger partial charge in [-0.3, -0.25) is 9.59 Å². The molecule has 26 heavy (non-hydrogen) atoms. The van der Waals surface area contributed by atoms with Crippen LogP contribution in [-0.2, 0) is 9.59 Å². The van der Waals surface area contributed by atoms with Crippen LogP contribution < -0.4 is 0 Å². The van der Waals surface area contributed by atoms with Crippen molar-refractivity contribution in [3.05, 3.63) is 81.9 Å². The van der Waals surface area contributed by atoms with Crippen LogP contribution in [0.15, 0.2) is 59.7 Å². The number of rotatable bonds is 6. The van der Waals surface area contributed by atoms with E-state index in [1.165, 1.54) is 0 Å². The van der Waals surface area contributed by atoms with Crippen molar-refractivity contribution in [2.24, 2.45) is 0 Å².